The lowest BCUT2D eigenvalue weighted by atomic mass is 10.1. The van der Waals surface area contributed by atoms with E-state index < -0.39 is 5.97 Å². The summed E-state index contributed by atoms with van der Waals surface area (Å²) in [6.45, 7) is 5.91. The molecule has 0 aliphatic rings. The van der Waals surface area contributed by atoms with E-state index in [2.05, 4.69) is 0 Å². The van der Waals surface area contributed by atoms with Gasteiger partial charge in [0.25, 0.3) is 5.56 Å². The second-order valence-corrected chi connectivity index (χ2v) is 8.38. The van der Waals surface area contributed by atoms with Crippen LogP contribution >= 0.6 is 23.1 Å². The third-order valence-electron chi connectivity index (χ3n) is 4.42. The van der Waals surface area contributed by atoms with E-state index >= 15 is 0 Å². The van der Waals surface area contributed by atoms with Gasteiger partial charge in [-0.2, -0.15) is 0 Å². The van der Waals surface area contributed by atoms with Crippen molar-refractivity contribution in [1.82, 2.24) is 9.55 Å². The molecule has 1 N–H and O–H groups in total. The molecule has 0 aliphatic heterocycles. The maximum atomic E-state index is 13.3. The number of nitrogens with zero attached hydrogens (tertiary/aromatic N) is 2. The van der Waals surface area contributed by atoms with Crippen LogP contribution in [0.25, 0.3) is 10.2 Å². The van der Waals surface area contributed by atoms with Crippen LogP contribution in [0.2, 0.25) is 0 Å². The molecule has 1 atom stereocenters. The first-order valence-corrected chi connectivity index (χ1v) is 10.1. The van der Waals surface area contributed by atoms with Crippen LogP contribution in [0.3, 0.4) is 0 Å². The predicted octanol–water partition coefficient (Wildman–Crippen LogP) is 4.25. The molecule has 0 radical (unpaired) electrons. The van der Waals surface area contributed by atoms with Gasteiger partial charge in [-0.3, -0.25) is 14.2 Å². The zero-order valence-electron chi connectivity index (χ0n) is 14.9. The van der Waals surface area contributed by atoms with Gasteiger partial charge in [0.2, 0.25) is 0 Å². The second kappa shape index (κ2) is 7.63. The zero-order valence-corrected chi connectivity index (χ0v) is 16.5. The topological polar surface area (TPSA) is 72.2 Å². The molecule has 0 spiro atoms. The van der Waals surface area contributed by atoms with E-state index in [0.29, 0.717) is 16.3 Å². The van der Waals surface area contributed by atoms with Crippen molar-refractivity contribution in [3.8, 4) is 0 Å². The SMILES string of the molecule is Cc1sc2nc(SCCC(=O)O)n(C(C)c3ccccc3)c(=O)c2c1C. The fourth-order valence-electron chi connectivity index (χ4n) is 2.84. The molecule has 1 aromatic carbocycles. The van der Waals surface area contributed by atoms with Gasteiger partial charge in [-0.15, -0.1) is 11.3 Å². The Morgan fingerprint density at radius 3 is 2.65 bits per heavy atom. The van der Waals surface area contributed by atoms with Gasteiger partial charge < -0.3 is 5.11 Å². The van der Waals surface area contributed by atoms with E-state index in [1.807, 2.05) is 51.1 Å². The Morgan fingerprint density at radius 1 is 1.31 bits per heavy atom. The highest BCUT2D eigenvalue weighted by molar-refractivity contribution is 7.99. The first-order chi connectivity index (χ1) is 12.4. The Labute approximate surface area is 159 Å². The van der Waals surface area contributed by atoms with Crippen LogP contribution in [0.15, 0.2) is 40.3 Å². The Hall–Kier alpha value is -2.12. The van der Waals surface area contributed by atoms with Gasteiger partial charge in [0.15, 0.2) is 5.16 Å². The van der Waals surface area contributed by atoms with E-state index in [1.54, 1.807) is 4.57 Å². The molecule has 0 fully saturated rings. The molecular weight excluding hydrogens is 368 g/mol. The average Bonchev–Trinajstić information content (AvgIpc) is 2.89. The Balaban J connectivity index is 2.16. The fraction of sp³-hybridized carbons (Fsp3) is 0.316. The smallest absolute Gasteiger partial charge is 0.304 e. The number of aromatic nitrogens is 2. The van der Waals surface area contributed by atoms with Crippen LogP contribution < -0.4 is 5.56 Å². The lowest BCUT2D eigenvalue weighted by Crippen LogP contribution is -2.27. The van der Waals surface area contributed by atoms with Crippen molar-refractivity contribution in [2.75, 3.05) is 5.75 Å². The van der Waals surface area contributed by atoms with E-state index in [0.717, 1.165) is 20.8 Å². The summed E-state index contributed by atoms with van der Waals surface area (Å²) in [4.78, 5) is 30.7. The monoisotopic (exact) mass is 388 g/mol. The number of aryl methyl sites for hydroxylation is 2. The van der Waals surface area contributed by atoms with E-state index in [1.165, 1.54) is 23.1 Å². The third-order valence-corrected chi connectivity index (χ3v) is 6.47. The quantitative estimate of drug-likeness (QED) is 0.505. The van der Waals surface area contributed by atoms with Gasteiger partial charge in [-0.1, -0.05) is 42.1 Å². The number of carboxylic acid groups (broad SMARTS) is 1. The molecular formula is C19H20N2O3S2. The molecule has 2 heterocycles. The van der Waals surface area contributed by atoms with Crippen LogP contribution in [-0.4, -0.2) is 26.4 Å². The molecule has 1 unspecified atom stereocenters. The van der Waals surface area contributed by atoms with Crippen molar-refractivity contribution in [3.63, 3.8) is 0 Å². The Morgan fingerprint density at radius 2 is 2.00 bits per heavy atom. The molecule has 0 bridgehead atoms. The van der Waals surface area contributed by atoms with Crippen molar-refractivity contribution < 1.29 is 9.90 Å². The molecule has 0 saturated heterocycles. The number of fused-ring (bicyclic) bond motifs is 1. The largest absolute Gasteiger partial charge is 0.481 e. The minimum atomic E-state index is -0.855. The van der Waals surface area contributed by atoms with Gasteiger partial charge >= 0.3 is 5.97 Å². The van der Waals surface area contributed by atoms with Crippen molar-refractivity contribution in [2.45, 2.75) is 38.4 Å². The molecule has 3 aromatic rings. The van der Waals surface area contributed by atoms with Crippen molar-refractivity contribution in [1.29, 1.82) is 0 Å². The highest BCUT2D eigenvalue weighted by Gasteiger charge is 2.21. The molecule has 5 nitrogen and oxygen atoms in total. The van der Waals surface area contributed by atoms with Crippen LogP contribution in [0, 0.1) is 13.8 Å². The highest BCUT2D eigenvalue weighted by atomic mass is 32.2. The number of hydrogen-bond donors (Lipinski definition) is 1. The number of rotatable bonds is 6. The van der Waals surface area contributed by atoms with Crippen LogP contribution in [-0.2, 0) is 4.79 Å². The lowest BCUT2D eigenvalue weighted by Gasteiger charge is -2.19. The molecule has 136 valence electrons. The van der Waals surface area contributed by atoms with Crippen LogP contribution in [0.5, 0.6) is 0 Å². The molecule has 26 heavy (non-hydrogen) atoms. The standard InChI is InChI=1S/C19H20N2O3S2/c1-11-13(3)26-17-16(11)18(24)21(12(2)14-7-5-4-6-8-14)19(20-17)25-10-9-15(22)23/h4-8,12H,9-10H2,1-3H3,(H,22,23). The van der Waals surface area contributed by atoms with Gasteiger partial charge in [0.1, 0.15) is 4.83 Å². The highest BCUT2D eigenvalue weighted by Crippen LogP contribution is 2.31. The second-order valence-electron chi connectivity index (χ2n) is 6.11. The van der Waals surface area contributed by atoms with E-state index in [-0.39, 0.29) is 18.0 Å². The Bertz CT molecular complexity index is 1010. The molecule has 0 amide bonds. The van der Waals surface area contributed by atoms with Crippen LogP contribution in [0.4, 0.5) is 0 Å². The lowest BCUT2D eigenvalue weighted by molar-refractivity contribution is -0.136. The maximum absolute atomic E-state index is 13.3. The minimum absolute atomic E-state index is 0.0286. The number of carboxylic acids is 1. The third kappa shape index (κ3) is 3.54. The number of benzene rings is 1. The average molecular weight is 389 g/mol. The van der Waals surface area contributed by atoms with Crippen molar-refractivity contribution in [3.05, 3.63) is 56.7 Å². The summed E-state index contributed by atoms with van der Waals surface area (Å²) in [7, 11) is 0. The number of carbonyl (C=O) groups is 1. The van der Waals surface area contributed by atoms with Gasteiger partial charge in [-0.05, 0) is 31.9 Å². The van der Waals surface area contributed by atoms with Gasteiger partial charge in [0, 0.05) is 10.6 Å². The van der Waals surface area contributed by atoms with E-state index in [9.17, 15) is 9.59 Å². The molecule has 7 heteroatoms. The number of thioether (sulfide) groups is 1. The van der Waals surface area contributed by atoms with Gasteiger partial charge in [-0.25, -0.2) is 4.98 Å². The summed E-state index contributed by atoms with van der Waals surface area (Å²) in [6.07, 6.45) is 0.0286. The molecule has 0 saturated carbocycles. The summed E-state index contributed by atoms with van der Waals surface area (Å²) in [5, 5.41) is 10.1. The zero-order chi connectivity index (χ0) is 18.8. The molecule has 2 aromatic heterocycles. The van der Waals surface area contributed by atoms with Crippen LogP contribution in [0.1, 0.15) is 35.4 Å². The number of aliphatic carboxylic acids is 1. The minimum Gasteiger partial charge on any atom is -0.481 e. The van der Waals surface area contributed by atoms with Crippen molar-refractivity contribution in [2.24, 2.45) is 0 Å². The summed E-state index contributed by atoms with van der Waals surface area (Å²) in [5.41, 5.74) is 1.92. The first-order valence-electron chi connectivity index (χ1n) is 8.32. The normalized spacial score (nSPS) is 12.4. The predicted molar refractivity (Wildman–Crippen MR) is 107 cm³/mol. The van der Waals surface area contributed by atoms with Crippen molar-refractivity contribution >= 4 is 39.3 Å². The molecule has 0 aliphatic carbocycles. The fourth-order valence-corrected chi connectivity index (χ4v) is 4.91. The Kier molecular flexibility index (Phi) is 5.48. The summed E-state index contributed by atoms with van der Waals surface area (Å²) in [6, 6.07) is 9.61. The number of thiophene rings is 1. The van der Waals surface area contributed by atoms with E-state index in [4.69, 9.17) is 10.1 Å². The summed E-state index contributed by atoms with van der Waals surface area (Å²) < 4.78 is 1.70. The maximum Gasteiger partial charge on any atom is 0.304 e. The summed E-state index contributed by atoms with van der Waals surface area (Å²) in [5.74, 6) is -0.482. The summed E-state index contributed by atoms with van der Waals surface area (Å²) >= 11 is 2.83. The number of hydrogen-bond acceptors (Lipinski definition) is 5. The first kappa shape index (κ1) is 18.7. The molecule has 3 rings (SSSR count). The van der Waals surface area contributed by atoms with Gasteiger partial charge in [0.05, 0.1) is 17.8 Å².